The molecule has 2 heterocycles. The van der Waals surface area contributed by atoms with Crippen LogP contribution in [0.15, 0.2) is 11.4 Å². The summed E-state index contributed by atoms with van der Waals surface area (Å²) < 4.78 is 0. The van der Waals surface area contributed by atoms with Gasteiger partial charge in [0.05, 0.1) is 10.6 Å². The van der Waals surface area contributed by atoms with Crippen LogP contribution in [0.3, 0.4) is 0 Å². The quantitative estimate of drug-likeness (QED) is 0.786. The van der Waals surface area contributed by atoms with Crippen LogP contribution in [0.4, 0.5) is 0 Å². The molecule has 0 aliphatic carbocycles. The lowest BCUT2D eigenvalue weighted by Gasteiger charge is -1.91. The van der Waals surface area contributed by atoms with E-state index in [0.29, 0.717) is 0 Å². The summed E-state index contributed by atoms with van der Waals surface area (Å²) in [4.78, 5) is 7.14. The molecule has 0 unspecified atom stereocenters. The molecule has 0 fully saturated rings. The van der Waals surface area contributed by atoms with Crippen LogP contribution >= 0.6 is 35.3 Å². The summed E-state index contributed by atoms with van der Waals surface area (Å²) in [5, 5.41) is 3.25. The Labute approximate surface area is 97.2 Å². The van der Waals surface area contributed by atoms with Gasteiger partial charge in [0.2, 0.25) is 0 Å². The summed E-state index contributed by atoms with van der Waals surface area (Å²) in [6.45, 7) is 4.18. The number of nitrogens with zero attached hydrogens (tertiary/aromatic N) is 1. The molecule has 0 N–H and O–H groups in total. The maximum Gasteiger partial charge on any atom is 0.134 e. The fourth-order valence-electron chi connectivity index (χ4n) is 1.26. The van der Waals surface area contributed by atoms with Crippen LogP contribution in [0.1, 0.15) is 16.1 Å². The first-order valence-electron chi connectivity index (χ1n) is 4.34. The van der Waals surface area contributed by atoms with Crippen LogP contribution in [0.5, 0.6) is 0 Å². The topological polar surface area (TPSA) is 12.9 Å². The Kier molecular flexibility index (Phi) is 2.95. The number of thiophene rings is 1. The van der Waals surface area contributed by atoms with Crippen molar-refractivity contribution in [2.75, 3.05) is 0 Å². The Bertz CT molecular complexity index is 442. The zero-order valence-electron chi connectivity index (χ0n) is 8.07. The maximum absolute atomic E-state index is 4.56. The monoisotopic (exact) mass is 241 g/mol. The molecular weight excluding hydrogens is 230 g/mol. The fourth-order valence-corrected chi connectivity index (χ4v) is 3.69. The largest absolute Gasteiger partial charge is 0.240 e. The van der Waals surface area contributed by atoms with Gasteiger partial charge in [-0.2, -0.15) is 12.6 Å². The number of hydrogen-bond donors (Lipinski definition) is 1. The van der Waals surface area contributed by atoms with Gasteiger partial charge in [-0.25, -0.2) is 4.98 Å². The Balaban J connectivity index is 2.47. The second-order valence-corrected chi connectivity index (χ2v) is 5.43. The maximum atomic E-state index is 4.56. The summed E-state index contributed by atoms with van der Waals surface area (Å²) in [6.07, 6.45) is 0. The highest BCUT2D eigenvalue weighted by Gasteiger charge is 2.10. The zero-order chi connectivity index (χ0) is 10.1. The highest BCUT2D eigenvalue weighted by molar-refractivity contribution is 7.79. The molecule has 2 rings (SSSR count). The van der Waals surface area contributed by atoms with E-state index >= 15 is 0 Å². The summed E-state index contributed by atoms with van der Waals surface area (Å²) in [5.41, 5.74) is 2.43. The van der Waals surface area contributed by atoms with E-state index in [0.717, 1.165) is 16.5 Å². The summed E-state index contributed by atoms with van der Waals surface area (Å²) >= 11 is 7.80. The molecule has 0 aromatic carbocycles. The van der Waals surface area contributed by atoms with E-state index in [4.69, 9.17) is 0 Å². The van der Waals surface area contributed by atoms with E-state index in [1.54, 1.807) is 22.7 Å². The molecule has 1 nitrogen and oxygen atoms in total. The molecule has 0 aliphatic rings. The van der Waals surface area contributed by atoms with Crippen molar-refractivity contribution in [2.24, 2.45) is 0 Å². The molecule has 2 aromatic heterocycles. The van der Waals surface area contributed by atoms with E-state index < -0.39 is 0 Å². The van der Waals surface area contributed by atoms with E-state index in [-0.39, 0.29) is 0 Å². The van der Waals surface area contributed by atoms with E-state index in [1.165, 1.54) is 15.3 Å². The molecule has 0 bridgehead atoms. The lowest BCUT2D eigenvalue weighted by atomic mass is 10.3. The van der Waals surface area contributed by atoms with Crippen LogP contribution in [0.2, 0.25) is 0 Å². The lowest BCUT2D eigenvalue weighted by molar-refractivity contribution is 1.23. The third-order valence-corrected chi connectivity index (χ3v) is 4.95. The average Bonchev–Trinajstić information content (AvgIpc) is 2.71. The third kappa shape index (κ3) is 1.74. The normalized spacial score (nSPS) is 10.8. The molecule has 0 amide bonds. The van der Waals surface area contributed by atoms with Crippen molar-refractivity contribution in [2.45, 2.75) is 19.6 Å². The van der Waals surface area contributed by atoms with E-state index in [1.807, 2.05) is 0 Å². The van der Waals surface area contributed by atoms with Gasteiger partial charge < -0.3 is 0 Å². The van der Waals surface area contributed by atoms with Crippen LogP contribution in [-0.2, 0) is 5.75 Å². The van der Waals surface area contributed by atoms with Crippen molar-refractivity contribution in [3.63, 3.8) is 0 Å². The van der Waals surface area contributed by atoms with Crippen molar-refractivity contribution in [1.82, 2.24) is 4.98 Å². The zero-order valence-corrected chi connectivity index (χ0v) is 10.6. The van der Waals surface area contributed by atoms with Gasteiger partial charge in [-0.3, -0.25) is 0 Å². The van der Waals surface area contributed by atoms with E-state index in [9.17, 15) is 0 Å². The first-order chi connectivity index (χ1) is 6.72. The van der Waals surface area contributed by atoms with Gasteiger partial charge in [-0.05, 0) is 30.9 Å². The van der Waals surface area contributed by atoms with Crippen LogP contribution in [0.25, 0.3) is 9.88 Å². The number of thiol groups is 1. The minimum atomic E-state index is 0.786. The highest BCUT2D eigenvalue weighted by atomic mass is 32.1. The van der Waals surface area contributed by atoms with Gasteiger partial charge in [-0.15, -0.1) is 22.7 Å². The summed E-state index contributed by atoms with van der Waals surface area (Å²) in [5.74, 6) is 0.786. The first kappa shape index (κ1) is 10.2. The SMILES string of the molecule is Cc1ccsc1-c1nc(C)c(CS)s1. The van der Waals surface area contributed by atoms with Gasteiger partial charge in [0, 0.05) is 10.6 Å². The molecule has 0 radical (unpaired) electrons. The van der Waals surface area contributed by atoms with Crippen LogP contribution < -0.4 is 0 Å². The second-order valence-electron chi connectivity index (χ2n) is 3.12. The van der Waals surface area contributed by atoms with Crippen LogP contribution in [-0.4, -0.2) is 4.98 Å². The smallest absolute Gasteiger partial charge is 0.134 e. The number of hydrogen-bond acceptors (Lipinski definition) is 4. The molecule has 0 atom stereocenters. The molecule has 0 saturated carbocycles. The van der Waals surface area contributed by atoms with Gasteiger partial charge >= 0.3 is 0 Å². The standard InChI is InChI=1S/C10H11NS3/c1-6-3-4-13-9(6)10-11-7(2)8(5-12)14-10/h3-4,12H,5H2,1-2H3. The van der Waals surface area contributed by atoms with Crippen molar-refractivity contribution >= 4 is 35.3 Å². The van der Waals surface area contributed by atoms with Crippen LogP contribution in [0, 0.1) is 13.8 Å². The predicted molar refractivity (Wildman–Crippen MR) is 67.6 cm³/mol. The molecule has 74 valence electrons. The average molecular weight is 241 g/mol. The Hall–Kier alpha value is -0.320. The number of aromatic nitrogens is 1. The summed E-state index contributed by atoms with van der Waals surface area (Å²) in [7, 11) is 0. The Morgan fingerprint density at radius 3 is 2.71 bits per heavy atom. The second kappa shape index (κ2) is 4.04. The van der Waals surface area contributed by atoms with Gasteiger partial charge in [0.25, 0.3) is 0 Å². The number of thiazole rings is 1. The molecule has 0 saturated heterocycles. The van der Waals surface area contributed by atoms with Crippen molar-refractivity contribution < 1.29 is 0 Å². The molecule has 2 aromatic rings. The molecule has 4 heteroatoms. The number of aryl methyl sites for hydroxylation is 2. The minimum Gasteiger partial charge on any atom is -0.240 e. The van der Waals surface area contributed by atoms with Gasteiger partial charge in [0.1, 0.15) is 5.01 Å². The molecule has 0 aliphatic heterocycles. The van der Waals surface area contributed by atoms with Crippen molar-refractivity contribution in [3.05, 3.63) is 27.6 Å². The minimum absolute atomic E-state index is 0.786. The number of rotatable bonds is 2. The van der Waals surface area contributed by atoms with Gasteiger partial charge in [0.15, 0.2) is 0 Å². The summed E-state index contributed by atoms with van der Waals surface area (Å²) in [6, 6.07) is 2.14. The van der Waals surface area contributed by atoms with Gasteiger partial charge in [-0.1, -0.05) is 0 Å². The van der Waals surface area contributed by atoms with Crippen molar-refractivity contribution in [1.29, 1.82) is 0 Å². The predicted octanol–water partition coefficient (Wildman–Crippen LogP) is 3.92. The van der Waals surface area contributed by atoms with E-state index in [2.05, 4.69) is 42.9 Å². The Morgan fingerprint density at radius 2 is 2.21 bits per heavy atom. The molecular formula is C10H11NS3. The molecule has 14 heavy (non-hydrogen) atoms. The molecule has 0 spiro atoms. The highest BCUT2D eigenvalue weighted by Crippen LogP contribution is 2.34. The first-order valence-corrected chi connectivity index (χ1v) is 6.67. The lowest BCUT2D eigenvalue weighted by Crippen LogP contribution is -1.77. The van der Waals surface area contributed by atoms with Crippen molar-refractivity contribution in [3.8, 4) is 9.88 Å². The Morgan fingerprint density at radius 1 is 1.43 bits per heavy atom. The third-order valence-electron chi connectivity index (χ3n) is 2.09. The fraction of sp³-hybridized carbons (Fsp3) is 0.300.